The summed E-state index contributed by atoms with van der Waals surface area (Å²) in [6, 6.07) is 0. The second-order valence-electron chi connectivity index (χ2n) is 11.5. The molecule has 4 fully saturated rings. The lowest BCUT2D eigenvalue weighted by molar-refractivity contribution is -0.175. The fraction of sp³-hybridized carbons (Fsp3) is 0.958. The highest BCUT2D eigenvalue weighted by Gasteiger charge is 2.63. The van der Waals surface area contributed by atoms with Crippen molar-refractivity contribution in [2.24, 2.45) is 46.3 Å². The van der Waals surface area contributed by atoms with E-state index in [1.54, 1.807) is 0 Å². The average Bonchev–Trinajstić information content (AvgIpc) is 2.99. The molecule has 4 rings (SSSR count). The summed E-state index contributed by atoms with van der Waals surface area (Å²) in [6.45, 7) is 6.79. The van der Waals surface area contributed by atoms with Gasteiger partial charge in [-0.25, -0.2) is 0 Å². The van der Waals surface area contributed by atoms with Gasteiger partial charge in [0.25, 0.3) is 0 Å². The van der Waals surface area contributed by atoms with Gasteiger partial charge in [-0.3, -0.25) is 4.79 Å². The molecule has 4 aliphatic carbocycles. The molecule has 4 N–H and O–H groups in total. The van der Waals surface area contributed by atoms with Crippen LogP contribution < -0.4 is 0 Å². The second-order valence-corrected chi connectivity index (χ2v) is 11.5. The fourth-order valence-electron chi connectivity index (χ4n) is 8.74. The summed E-state index contributed by atoms with van der Waals surface area (Å²) < 4.78 is 0. The van der Waals surface area contributed by atoms with E-state index < -0.39 is 12.1 Å². The Kier molecular flexibility index (Phi) is 5.57. The molecule has 4 saturated carbocycles. The number of carboxylic acids is 1. The number of rotatable bonds is 4. The number of aliphatic hydroxyl groups is 3. The first-order chi connectivity index (χ1) is 13.6. The van der Waals surface area contributed by atoms with Gasteiger partial charge >= 0.3 is 5.97 Å². The SMILES string of the molecule is C[C@@H]([C@H]1CC[C@H]2[C@@H]3[C@H](O)C[C@@H]4C[C@H](O)CC[C@]4(C)[C@H]3CC[C@]12C)[C@@H](O)CC(=O)O. The van der Waals surface area contributed by atoms with E-state index in [0.29, 0.717) is 29.6 Å². The van der Waals surface area contributed by atoms with Gasteiger partial charge in [-0.05, 0) is 97.7 Å². The van der Waals surface area contributed by atoms with E-state index in [1.165, 1.54) is 0 Å². The highest BCUT2D eigenvalue weighted by Crippen LogP contribution is 2.68. The van der Waals surface area contributed by atoms with Crippen LogP contribution in [0.4, 0.5) is 0 Å². The Bertz CT molecular complexity index is 637. The predicted molar refractivity (Wildman–Crippen MR) is 110 cm³/mol. The highest BCUT2D eigenvalue weighted by molar-refractivity contribution is 5.67. The summed E-state index contributed by atoms with van der Waals surface area (Å²) in [7, 11) is 0. The van der Waals surface area contributed by atoms with Gasteiger partial charge < -0.3 is 20.4 Å². The zero-order chi connectivity index (χ0) is 21.1. The maximum Gasteiger partial charge on any atom is 0.305 e. The average molecular weight is 409 g/mol. The van der Waals surface area contributed by atoms with E-state index in [0.717, 1.165) is 51.4 Å². The van der Waals surface area contributed by atoms with Crippen molar-refractivity contribution in [3.05, 3.63) is 0 Å². The van der Waals surface area contributed by atoms with E-state index in [1.807, 2.05) is 6.92 Å². The molecule has 0 aromatic rings. The van der Waals surface area contributed by atoms with Crippen LogP contribution in [0.5, 0.6) is 0 Å². The molecule has 5 heteroatoms. The van der Waals surface area contributed by atoms with Crippen molar-refractivity contribution in [1.82, 2.24) is 0 Å². The first-order valence-electron chi connectivity index (χ1n) is 11.8. The smallest absolute Gasteiger partial charge is 0.305 e. The molecule has 5 nitrogen and oxygen atoms in total. The zero-order valence-corrected chi connectivity index (χ0v) is 18.3. The van der Waals surface area contributed by atoms with E-state index in [-0.39, 0.29) is 35.4 Å². The van der Waals surface area contributed by atoms with Crippen LogP contribution >= 0.6 is 0 Å². The Morgan fingerprint density at radius 3 is 2.34 bits per heavy atom. The molecule has 4 aliphatic rings. The van der Waals surface area contributed by atoms with Crippen LogP contribution in [0, 0.1) is 46.3 Å². The molecular weight excluding hydrogens is 368 g/mol. The third kappa shape index (κ3) is 3.36. The minimum Gasteiger partial charge on any atom is -0.481 e. The van der Waals surface area contributed by atoms with E-state index in [4.69, 9.17) is 5.11 Å². The molecule has 0 heterocycles. The van der Waals surface area contributed by atoms with Gasteiger partial charge in [-0.15, -0.1) is 0 Å². The van der Waals surface area contributed by atoms with E-state index >= 15 is 0 Å². The lowest BCUT2D eigenvalue weighted by Crippen LogP contribution is -2.58. The lowest BCUT2D eigenvalue weighted by atomic mass is 9.43. The van der Waals surface area contributed by atoms with Gasteiger partial charge in [0.1, 0.15) is 0 Å². The van der Waals surface area contributed by atoms with Gasteiger partial charge in [-0.2, -0.15) is 0 Å². The van der Waals surface area contributed by atoms with Crippen LogP contribution in [-0.4, -0.2) is 44.7 Å². The van der Waals surface area contributed by atoms with Gasteiger partial charge in [0.2, 0.25) is 0 Å². The van der Waals surface area contributed by atoms with E-state index in [9.17, 15) is 20.1 Å². The maximum atomic E-state index is 11.2. The largest absolute Gasteiger partial charge is 0.481 e. The number of fused-ring (bicyclic) bond motifs is 5. The van der Waals surface area contributed by atoms with Crippen molar-refractivity contribution in [1.29, 1.82) is 0 Å². The molecule has 0 unspecified atom stereocenters. The molecule has 11 atom stereocenters. The zero-order valence-electron chi connectivity index (χ0n) is 18.3. The normalized spacial score (nSPS) is 51.4. The number of aliphatic carboxylic acids is 1. The monoisotopic (exact) mass is 408 g/mol. The molecule has 29 heavy (non-hydrogen) atoms. The first-order valence-corrected chi connectivity index (χ1v) is 11.8. The topological polar surface area (TPSA) is 98.0 Å². The molecule has 0 aliphatic heterocycles. The standard InChI is InChI=1S/C24H40O5/c1-13(19(26)12-21(28)29)16-4-5-17-22-18(7-9-24(16,17)3)23(2)8-6-15(25)10-14(23)11-20(22)27/h13-20,22,25-27H,4-12H2,1-3H3,(H,28,29)/t13-,14-,15+,16+,17-,18-,19-,20+,22-,23-,24+/m0/s1. The maximum absolute atomic E-state index is 11.2. The Balaban J connectivity index is 1.57. The molecule has 0 radical (unpaired) electrons. The highest BCUT2D eigenvalue weighted by atomic mass is 16.4. The molecular formula is C24H40O5. The Morgan fingerprint density at radius 1 is 1.00 bits per heavy atom. The van der Waals surface area contributed by atoms with Gasteiger partial charge in [0.05, 0.1) is 24.7 Å². The summed E-state index contributed by atoms with van der Waals surface area (Å²) in [5.41, 5.74) is 0.287. The second kappa shape index (κ2) is 7.49. The van der Waals surface area contributed by atoms with Crippen LogP contribution in [0.3, 0.4) is 0 Å². The molecule has 166 valence electrons. The van der Waals surface area contributed by atoms with Crippen molar-refractivity contribution in [3.8, 4) is 0 Å². The van der Waals surface area contributed by atoms with Crippen molar-refractivity contribution >= 4 is 5.97 Å². The van der Waals surface area contributed by atoms with Gasteiger partial charge in [-0.1, -0.05) is 20.8 Å². The Morgan fingerprint density at radius 2 is 1.66 bits per heavy atom. The number of carboxylic acid groups (broad SMARTS) is 1. The fourth-order valence-corrected chi connectivity index (χ4v) is 8.74. The molecule has 0 aromatic carbocycles. The third-order valence-corrected chi connectivity index (χ3v) is 10.4. The number of hydrogen-bond donors (Lipinski definition) is 4. The lowest BCUT2D eigenvalue weighted by Gasteiger charge is -2.62. The minimum atomic E-state index is -0.936. The molecule has 0 amide bonds. The van der Waals surface area contributed by atoms with Crippen molar-refractivity contribution in [2.45, 2.75) is 96.9 Å². The van der Waals surface area contributed by atoms with Crippen molar-refractivity contribution in [3.63, 3.8) is 0 Å². The first kappa shape index (κ1) is 21.6. The van der Waals surface area contributed by atoms with Crippen LogP contribution in [0.2, 0.25) is 0 Å². The predicted octanol–water partition coefficient (Wildman–Crippen LogP) is 3.45. The summed E-state index contributed by atoms with van der Waals surface area (Å²) >= 11 is 0. The molecule has 0 spiro atoms. The van der Waals surface area contributed by atoms with Crippen LogP contribution in [0.15, 0.2) is 0 Å². The summed E-state index contributed by atoms with van der Waals surface area (Å²) in [6.07, 6.45) is 6.40. The van der Waals surface area contributed by atoms with Gasteiger partial charge in [0, 0.05) is 0 Å². The molecule has 0 saturated heterocycles. The number of hydrogen-bond acceptors (Lipinski definition) is 4. The summed E-state index contributed by atoms with van der Waals surface area (Å²) in [5, 5.41) is 41.1. The summed E-state index contributed by atoms with van der Waals surface area (Å²) in [4.78, 5) is 11.1. The summed E-state index contributed by atoms with van der Waals surface area (Å²) in [5.74, 6) is 1.03. The third-order valence-electron chi connectivity index (χ3n) is 10.4. The minimum absolute atomic E-state index is 0.0356. The Labute approximate surface area is 174 Å². The quantitative estimate of drug-likeness (QED) is 0.571. The van der Waals surface area contributed by atoms with Crippen molar-refractivity contribution < 1.29 is 25.2 Å². The van der Waals surface area contributed by atoms with E-state index in [2.05, 4.69) is 13.8 Å². The van der Waals surface area contributed by atoms with Crippen LogP contribution in [0.25, 0.3) is 0 Å². The van der Waals surface area contributed by atoms with Crippen molar-refractivity contribution in [2.75, 3.05) is 0 Å². The molecule has 0 aromatic heterocycles. The van der Waals surface area contributed by atoms with Gasteiger partial charge in [0.15, 0.2) is 0 Å². The van der Waals surface area contributed by atoms with Crippen LogP contribution in [-0.2, 0) is 4.79 Å². The number of carbonyl (C=O) groups is 1. The number of aliphatic hydroxyl groups excluding tert-OH is 3. The Hall–Kier alpha value is -0.650. The van der Waals surface area contributed by atoms with Crippen LogP contribution in [0.1, 0.15) is 78.6 Å². The molecule has 0 bridgehead atoms.